The summed E-state index contributed by atoms with van der Waals surface area (Å²) in [6.45, 7) is 3.13. The molecule has 0 radical (unpaired) electrons. The molecular weight excluding hydrogens is 306 g/mol. The molecule has 1 saturated heterocycles. The third kappa shape index (κ3) is 3.50. The minimum absolute atomic E-state index is 0.273. The molecule has 1 aromatic rings. The second-order valence-corrected chi connectivity index (χ2v) is 6.09. The zero-order chi connectivity index (χ0) is 13.8. The molecule has 0 spiro atoms. The Morgan fingerprint density at radius 3 is 2.89 bits per heavy atom. The zero-order valence-corrected chi connectivity index (χ0v) is 12.9. The molecule has 1 aliphatic rings. The van der Waals surface area contributed by atoms with Gasteiger partial charge in [0.15, 0.2) is 0 Å². The molecule has 0 saturated carbocycles. The first kappa shape index (κ1) is 14.8. The molecule has 19 heavy (non-hydrogen) atoms. The topological polar surface area (TPSA) is 43.7 Å². The van der Waals surface area contributed by atoms with Gasteiger partial charge in [0.25, 0.3) is 0 Å². The lowest BCUT2D eigenvalue weighted by Gasteiger charge is -2.27. The van der Waals surface area contributed by atoms with E-state index in [1.165, 1.54) is 18.5 Å². The van der Waals surface area contributed by atoms with E-state index < -0.39 is 6.10 Å². The van der Waals surface area contributed by atoms with Crippen molar-refractivity contribution in [2.45, 2.75) is 44.8 Å². The molecule has 1 aromatic carbocycles. The van der Waals surface area contributed by atoms with Crippen LogP contribution in [0.15, 0.2) is 22.7 Å². The van der Waals surface area contributed by atoms with Crippen molar-refractivity contribution in [3.63, 3.8) is 0 Å². The van der Waals surface area contributed by atoms with E-state index in [1.807, 2.05) is 6.07 Å². The van der Waals surface area contributed by atoms with E-state index in [0.717, 1.165) is 29.4 Å². The largest absolute Gasteiger partial charge is 0.396 e. The fourth-order valence-corrected chi connectivity index (χ4v) is 3.53. The smallest absolute Gasteiger partial charge is 0.0772 e. The molecule has 0 amide bonds. The second kappa shape index (κ2) is 6.73. The second-order valence-electron chi connectivity index (χ2n) is 5.24. The fourth-order valence-electron chi connectivity index (χ4n) is 2.84. The minimum Gasteiger partial charge on any atom is -0.396 e. The van der Waals surface area contributed by atoms with Gasteiger partial charge in [-0.2, -0.15) is 0 Å². The van der Waals surface area contributed by atoms with Crippen molar-refractivity contribution in [1.82, 2.24) is 0 Å². The highest BCUT2D eigenvalue weighted by atomic mass is 79.9. The van der Waals surface area contributed by atoms with E-state index in [9.17, 15) is 5.11 Å². The van der Waals surface area contributed by atoms with Crippen molar-refractivity contribution in [3.8, 4) is 0 Å². The molecule has 2 atom stereocenters. The van der Waals surface area contributed by atoms with Gasteiger partial charge in [0.2, 0.25) is 0 Å². The number of rotatable bonds is 5. The van der Waals surface area contributed by atoms with Gasteiger partial charge in [-0.3, -0.25) is 0 Å². The summed E-state index contributed by atoms with van der Waals surface area (Å²) in [6.07, 6.45) is 3.88. The van der Waals surface area contributed by atoms with E-state index in [1.54, 1.807) is 6.92 Å². The van der Waals surface area contributed by atoms with Crippen LogP contribution < -0.4 is 4.90 Å². The van der Waals surface area contributed by atoms with Gasteiger partial charge in [-0.15, -0.1) is 0 Å². The summed E-state index contributed by atoms with van der Waals surface area (Å²) >= 11 is 3.54. The molecule has 2 N–H and O–H groups in total. The zero-order valence-electron chi connectivity index (χ0n) is 11.3. The van der Waals surface area contributed by atoms with Gasteiger partial charge in [-0.1, -0.05) is 22.0 Å². The van der Waals surface area contributed by atoms with Crippen LogP contribution in [0.25, 0.3) is 0 Å². The van der Waals surface area contributed by atoms with Crippen molar-refractivity contribution in [2.75, 3.05) is 18.1 Å². The average molecular weight is 328 g/mol. The number of benzene rings is 1. The Hall–Kier alpha value is -0.580. The first-order valence-corrected chi connectivity index (χ1v) is 7.77. The molecule has 3 nitrogen and oxygen atoms in total. The predicted octanol–water partition coefficient (Wildman–Crippen LogP) is 3.24. The Balaban J connectivity index is 2.14. The molecular formula is C15H22BrNO2. The molecule has 1 heterocycles. The SMILES string of the molecule is C[C@H](O)c1ccc(N2CCCC2CCCO)cc1Br. The molecule has 106 valence electrons. The van der Waals surface area contributed by atoms with Gasteiger partial charge in [0, 0.05) is 29.4 Å². The Bertz CT molecular complexity index is 423. The van der Waals surface area contributed by atoms with Gasteiger partial charge in [-0.25, -0.2) is 0 Å². The van der Waals surface area contributed by atoms with Crippen LogP contribution in [0.3, 0.4) is 0 Å². The number of nitrogens with zero attached hydrogens (tertiary/aromatic N) is 1. The summed E-state index contributed by atoms with van der Waals surface area (Å²) < 4.78 is 0.966. The van der Waals surface area contributed by atoms with E-state index in [2.05, 4.69) is 33.0 Å². The van der Waals surface area contributed by atoms with Gasteiger partial charge < -0.3 is 15.1 Å². The summed E-state index contributed by atoms with van der Waals surface area (Å²) in [4.78, 5) is 2.42. The van der Waals surface area contributed by atoms with Gasteiger partial charge in [0.1, 0.15) is 0 Å². The Morgan fingerprint density at radius 2 is 2.26 bits per heavy atom. The predicted molar refractivity (Wildman–Crippen MR) is 81.5 cm³/mol. The fraction of sp³-hybridized carbons (Fsp3) is 0.600. The third-order valence-electron chi connectivity index (χ3n) is 3.84. The highest BCUT2D eigenvalue weighted by molar-refractivity contribution is 9.10. The normalized spacial score (nSPS) is 20.8. The summed E-state index contributed by atoms with van der Waals surface area (Å²) in [5.74, 6) is 0. The van der Waals surface area contributed by atoms with Crippen LogP contribution in [0.4, 0.5) is 5.69 Å². The first-order valence-electron chi connectivity index (χ1n) is 6.98. The minimum atomic E-state index is -0.452. The molecule has 1 aliphatic heterocycles. The number of hydrogen-bond donors (Lipinski definition) is 2. The third-order valence-corrected chi connectivity index (χ3v) is 4.53. The lowest BCUT2D eigenvalue weighted by Crippen LogP contribution is -2.29. The van der Waals surface area contributed by atoms with Crippen LogP contribution >= 0.6 is 15.9 Å². The van der Waals surface area contributed by atoms with Crippen LogP contribution in [0.1, 0.15) is 44.3 Å². The number of aliphatic hydroxyl groups excluding tert-OH is 2. The molecule has 2 rings (SSSR count). The van der Waals surface area contributed by atoms with E-state index in [-0.39, 0.29) is 6.61 Å². The van der Waals surface area contributed by atoms with Crippen molar-refractivity contribution < 1.29 is 10.2 Å². The summed E-state index contributed by atoms with van der Waals surface area (Å²) in [5.41, 5.74) is 2.13. The highest BCUT2D eigenvalue weighted by Crippen LogP contribution is 2.33. The summed E-state index contributed by atoms with van der Waals surface area (Å²) in [5, 5.41) is 18.6. The van der Waals surface area contributed by atoms with Crippen LogP contribution in [0.5, 0.6) is 0 Å². The first-order chi connectivity index (χ1) is 9.13. The van der Waals surface area contributed by atoms with Crippen LogP contribution in [-0.4, -0.2) is 29.4 Å². The quantitative estimate of drug-likeness (QED) is 0.872. The van der Waals surface area contributed by atoms with Crippen molar-refractivity contribution in [1.29, 1.82) is 0 Å². The highest BCUT2D eigenvalue weighted by Gasteiger charge is 2.24. The number of hydrogen-bond acceptors (Lipinski definition) is 3. The van der Waals surface area contributed by atoms with E-state index in [0.29, 0.717) is 6.04 Å². The van der Waals surface area contributed by atoms with E-state index in [4.69, 9.17) is 5.11 Å². The number of halogens is 1. The Labute approximate surface area is 123 Å². The van der Waals surface area contributed by atoms with Gasteiger partial charge in [0.05, 0.1) is 6.10 Å². The van der Waals surface area contributed by atoms with Crippen LogP contribution in [-0.2, 0) is 0 Å². The molecule has 0 bridgehead atoms. The van der Waals surface area contributed by atoms with Crippen molar-refractivity contribution in [3.05, 3.63) is 28.2 Å². The average Bonchev–Trinajstić information content (AvgIpc) is 2.83. The standard InChI is InChI=1S/C15H22BrNO2/c1-11(19)14-7-6-13(10-15(14)16)17-8-2-4-12(17)5-3-9-18/h6-7,10-12,18-19H,2-5,8-9H2,1H3/t11-,12?/m0/s1. The maximum Gasteiger partial charge on any atom is 0.0772 e. The molecule has 0 aromatic heterocycles. The maximum atomic E-state index is 9.66. The van der Waals surface area contributed by atoms with Gasteiger partial charge >= 0.3 is 0 Å². The van der Waals surface area contributed by atoms with Crippen molar-refractivity contribution in [2.24, 2.45) is 0 Å². The lowest BCUT2D eigenvalue weighted by atomic mass is 10.1. The molecule has 0 aliphatic carbocycles. The summed E-state index contributed by atoms with van der Waals surface area (Å²) in [7, 11) is 0. The Kier molecular flexibility index (Phi) is 5.25. The number of aliphatic hydroxyl groups is 2. The van der Waals surface area contributed by atoms with Gasteiger partial charge in [-0.05, 0) is 50.3 Å². The Morgan fingerprint density at radius 1 is 1.47 bits per heavy atom. The molecule has 1 fully saturated rings. The lowest BCUT2D eigenvalue weighted by molar-refractivity contribution is 0.198. The number of anilines is 1. The van der Waals surface area contributed by atoms with Crippen molar-refractivity contribution >= 4 is 21.6 Å². The maximum absolute atomic E-state index is 9.66. The molecule has 1 unspecified atom stereocenters. The van der Waals surface area contributed by atoms with Crippen LogP contribution in [0.2, 0.25) is 0 Å². The summed E-state index contributed by atoms with van der Waals surface area (Å²) in [6, 6.07) is 6.71. The van der Waals surface area contributed by atoms with Crippen LogP contribution in [0, 0.1) is 0 Å². The van der Waals surface area contributed by atoms with E-state index >= 15 is 0 Å². The monoisotopic (exact) mass is 327 g/mol. The molecule has 4 heteroatoms.